The van der Waals surface area contributed by atoms with E-state index in [1.54, 1.807) is 6.92 Å². The zero-order chi connectivity index (χ0) is 6.20. The van der Waals surface area contributed by atoms with Crippen molar-refractivity contribution >= 4 is 16.4 Å². The van der Waals surface area contributed by atoms with Crippen LogP contribution in [0.1, 0.15) is 6.92 Å². The molecule has 1 fully saturated rings. The van der Waals surface area contributed by atoms with Crippen LogP contribution in [-0.2, 0) is 9.47 Å². The average molecular weight is 129 g/mol. The summed E-state index contributed by atoms with van der Waals surface area (Å²) in [6, 6.07) is 0. The lowest BCUT2D eigenvalue weighted by Crippen LogP contribution is -2.26. The van der Waals surface area contributed by atoms with Gasteiger partial charge in [-0.25, -0.2) is 4.79 Å². The summed E-state index contributed by atoms with van der Waals surface area (Å²) in [5.74, 6) is 0. The van der Waals surface area contributed by atoms with E-state index in [1.165, 1.54) is 0 Å². The normalized spacial score (nSPS) is 36.5. The lowest BCUT2D eigenvalue weighted by molar-refractivity contribution is 0.112. The summed E-state index contributed by atoms with van der Waals surface area (Å²) in [4.78, 5) is 10.2. The second-order valence-corrected chi connectivity index (χ2v) is 2.93. The number of carbonyl (C=O) groups excluding carboxylic acids is 1. The van der Waals surface area contributed by atoms with Crippen molar-refractivity contribution in [3.63, 3.8) is 0 Å². The molecule has 1 atom stereocenters. The second kappa shape index (κ2) is 1.48. The van der Waals surface area contributed by atoms with Gasteiger partial charge in [0.25, 0.3) is 0 Å². The molecule has 1 heterocycles. The molecule has 1 aliphatic heterocycles. The molecule has 1 rings (SSSR count). The van der Waals surface area contributed by atoms with Crippen LogP contribution in [0.15, 0.2) is 0 Å². The van der Waals surface area contributed by atoms with Crippen LogP contribution >= 0.6 is 0 Å². The van der Waals surface area contributed by atoms with Crippen LogP contribution in [-0.4, -0.2) is 28.2 Å². The van der Waals surface area contributed by atoms with E-state index in [-0.39, 0.29) is 6.61 Å². The van der Waals surface area contributed by atoms with Crippen molar-refractivity contribution in [1.82, 2.24) is 0 Å². The summed E-state index contributed by atoms with van der Waals surface area (Å²) in [5, 5.41) is -0.600. The van der Waals surface area contributed by atoms with E-state index in [4.69, 9.17) is 0 Å². The third-order valence-electron chi connectivity index (χ3n) is 0.774. The molecule has 0 saturated carbocycles. The number of hydrogen-bond acceptors (Lipinski definition) is 3. The van der Waals surface area contributed by atoms with Gasteiger partial charge in [-0.1, -0.05) is 0 Å². The summed E-state index contributed by atoms with van der Waals surface area (Å²) < 4.78 is 9.06. The number of hydrogen-bond donors (Lipinski definition) is 0. The highest BCUT2D eigenvalue weighted by atomic mass is 28.1. The zero-order valence-electron chi connectivity index (χ0n) is 4.43. The fourth-order valence-corrected chi connectivity index (χ4v) is 0.595. The Hall–Kier alpha value is -0.513. The summed E-state index contributed by atoms with van der Waals surface area (Å²) in [6.45, 7) is 2.00. The molecule has 0 bridgehead atoms. The quantitative estimate of drug-likeness (QED) is 0.342. The predicted octanol–water partition coefficient (Wildman–Crippen LogP) is 0.0379. The minimum Gasteiger partial charge on any atom is -0.430 e. The third-order valence-corrected chi connectivity index (χ3v) is 1.02. The van der Waals surface area contributed by atoms with Crippen LogP contribution in [0.25, 0.3) is 0 Å². The molecule has 0 aliphatic carbocycles. The van der Waals surface area contributed by atoms with E-state index in [9.17, 15) is 4.79 Å². The van der Waals surface area contributed by atoms with Crippen LogP contribution in [0.5, 0.6) is 0 Å². The Morgan fingerprint density at radius 2 is 2.50 bits per heavy atom. The smallest absolute Gasteiger partial charge is 0.430 e. The zero-order valence-corrected chi connectivity index (χ0v) is 5.43. The summed E-state index contributed by atoms with van der Waals surface area (Å²) in [6.07, 6.45) is -0.609. The minimum atomic E-state index is -0.609. The fraction of sp³-hybridized carbons (Fsp3) is 0.750. The minimum absolute atomic E-state index is 0.280. The SMILES string of the molecule is CC1([Si])COC(=O)O1. The molecule has 0 aromatic rings. The van der Waals surface area contributed by atoms with Gasteiger partial charge in [-0.15, -0.1) is 0 Å². The number of ether oxygens (including phenoxy) is 2. The predicted molar refractivity (Wildman–Crippen MR) is 26.6 cm³/mol. The highest BCUT2D eigenvalue weighted by Crippen LogP contribution is 2.13. The first-order valence-corrected chi connectivity index (χ1v) is 2.71. The van der Waals surface area contributed by atoms with Gasteiger partial charge < -0.3 is 9.47 Å². The molecule has 43 valence electrons. The van der Waals surface area contributed by atoms with Gasteiger partial charge in [-0.2, -0.15) is 0 Å². The van der Waals surface area contributed by atoms with Gasteiger partial charge in [-0.3, -0.25) is 0 Å². The van der Waals surface area contributed by atoms with Crippen molar-refractivity contribution < 1.29 is 14.3 Å². The maximum atomic E-state index is 10.2. The third kappa shape index (κ3) is 1.00. The first-order valence-electron chi connectivity index (χ1n) is 2.21. The van der Waals surface area contributed by atoms with E-state index in [1.807, 2.05) is 0 Å². The molecule has 3 nitrogen and oxygen atoms in total. The maximum Gasteiger partial charge on any atom is 0.508 e. The van der Waals surface area contributed by atoms with Gasteiger partial charge in [0.05, 0.1) is 10.2 Å². The standard InChI is InChI=1S/C4H5O3Si/c1-4(8)2-6-3(5)7-4/h2H2,1H3. The van der Waals surface area contributed by atoms with Crippen LogP contribution in [0.4, 0.5) is 4.79 Å². The molecule has 4 heteroatoms. The largest absolute Gasteiger partial charge is 0.508 e. The Morgan fingerprint density at radius 1 is 1.88 bits per heavy atom. The van der Waals surface area contributed by atoms with Gasteiger partial charge >= 0.3 is 6.16 Å². The van der Waals surface area contributed by atoms with Crippen molar-refractivity contribution in [2.24, 2.45) is 0 Å². The highest BCUT2D eigenvalue weighted by molar-refractivity contribution is 6.15. The van der Waals surface area contributed by atoms with Gasteiger partial charge in [0.1, 0.15) is 11.8 Å². The monoisotopic (exact) mass is 129 g/mol. The van der Waals surface area contributed by atoms with E-state index in [0.29, 0.717) is 0 Å². The topological polar surface area (TPSA) is 35.5 Å². The second-order valence-electron chi connectivity index (χ2n) is 1.87. The summed E-state index contributed by atoms with van der Waals surface area (Å²) in [7, 11) is 3.16. The summed E-state index contributed by atoms with van der Waals surface area (Å²) >= 11 is 0. The van der Waals surface area contributed by atoms with Crippen molar-refractivity contribution in [3.8, 4) is 0 Å². The Morgan fingerprint density at radius 3 is 2.62 bits per heavy atom. The Kier molecular flexibility index (Phi) is 1.04. The molecule has 1 aliphatic rings. The van der Waals surface area contributed by atoms with Crippen LogP contribution in [0.2, 0.25) is 0 Å². The van der Waals surface area contributed by atoms with Crippen LogP contribution in [0.3, 0.4) is 0 Å². The van der Waals surface area contributed by atoms with Gasteiger partial charge in [0.2, 0.25) is 0 Å². The molecular formula is C4H5O3Si. The molecule has 0 N–H and O–H groups in total. The lowest BCUT2D eigenvalue weighted by atomic mass is 10.4. The first kappa shape index (κ1) is 5.62. The van der Waals surface area contributed by atoms with E-state index < -0.39 is 11.4 Å². The summed E-state index contributed by atoms with van der Waals surface area (Å²) in [5.41, 5.74) is 0. The molecule has 0 aromatic carbocycles. The highest BCUT2D eigenvalue weighted by Gasteiger charge is 2.32. The molecule has 0 amide bonds. The van der Waals surface area contributed by atoms with E-state index in [0.717, 1.165) is 0 Å². The van der Waals surface area contributed by atoms with Crippen LogP contribution in [0, 0.1) is 0 Å². The lowest BCUT2D eigenvalue weighted by Gasteiger charge is -2.09. The Bertz CT molecular complexity index is 120. The van der Waals surface area contributed by atoms with E-state index in [2.05, 4.69) is 19.7 Å². The molecule has 1 unspecified atom stereocenters. The van der Waals surface area contributed by atoms with Crippen molar-refractivity contribution in [3.05, 3.63) is 0 Å². The first-order chi connectivity index (χ1) is 3.60. The maximum absolute atomic E-state index is 10.2. The number of cyclic esters (lactones) is 2. The molecule has 0 spiro atoms. The van der Waals surface area contributed by atoms with Gasteiger partial charge in [0, 0.05) is 0 Å². The Balaban J connectivity index is 2.56. The van der Waals surface area contributed by atoms with Crippen molar-refractivity contribution in [2.75, 3.05) is 6.61 Å². The molecule has 1 saturated heterocycles. The number of carbonyl (C=O) groups is 1. The van der Waals surface area contributed by atoms with E-state index >= 15 is 0 Å². The van der Waals surface area contributed by atoms with Gasteiger partial charge in [-0.05, 0) is 6.92 Å². The molecule has 0 aromatic heterocycles. The molecular weight excluding hydrogens is 124 g/mol. The van der Waals surface area contributed by atoms with Crippen LogP contribution < -0.4 is 0 Å². The average Bonchev–Trinajstić information content (AvgIpc) is 1.82. The fourth-order valence-electron chi connectivity index (χ4n) is 0.439. The number of rotatable bonds is 0. The Labute approximate surface area is 50.4 Å². The van der Waals surface area contributed by atoms with Crippen molar-refractivity contribution in [1.29, 1.82) is 0 Å². The van der Waals surface area contributed by atoms with Crippen molar-refractivity contribution in [2.45, 2.75) is 12.1 Å². The van der Waals surface area contributed by atoms with Gasteiger partial charge in [0.15, 0.2) is 0 Å². The molecule has 8 heavy (non-hydrogen) atoms. The molecule has 3 radical (unpaired) electrons.